The first kappa shape index (κ1) is 9.00. The van der Waals surface area contributed by atoms with Crippen molar-refractivity contribution in [2.45, 2.75) is 27.0 Å². The Kier molecular flexibility index (Phi) is 3.05. The van der Waals surface area contributed by atoms with Crippen molar-refractivity contribution >= 4 is 0 Å². The molecule has 0 aliphatic rings. The van der Waals surface area contributed by atoms with Gasteiger partial charge in [-0.05, 0) is 13.8 Å². The smallest absolute Gasteiger partial charge is 0.0712 e. The molecule has 66 valence electrons. The van der Waals surface area contributed by atoms with E-state index in [1.54, 1.807) is 10.9 Å². The third kappa shape index (κ3) is 2.51. The van der Waals surface area contributed by atoms with Crippen molar-refractivity contribution in [3.05, 3.63) is 29.6 Å². The fourth-order valence-electron chi connectivity index (χ4n) is 0.864. The average Bonchev–Trinajstić information content (AvgIpc) is 2.48. The minimum Gasteiger partial charge on any atom is -0.392 e. The predicted molar refractivity (Wildman–Crippen MR) is 47.6 cm³/mol. The summed E-state index contributed by atoms with van der Waals surface area (Å²) in [6.07, 6.45) is 5.62. The normalized spacial score (nSPS) is 9.92. The quantitative estimate of drug-likeness (QED) is 0.688. The molecule has 0 amide bonds. The van der Waals surface area contributed by atoms with Gasteiger partial charge in [0.15, 0.2) is 0 Å². The molecule has 1 aromatic rings. The van der Waals surface area contributed by atoms with Gasteiger partial charge in [0, 0.05) is 11.8 Å². The number of aliphatic hydroxyl groups excluding tert-OH is 1. The van der Waals surface area contributed by atoms with Gasteiger partial charge in [0.2, 0.25) is 0 Å². The molecule has 0 fully saturated rings. The van der Waals surface area contributed by atoms with Crippen LogP contribution in [0.4, 0.5) is 0 Å². The van der Waals surface area contributed by atoms with Crippen molar-refractivity contribution in [1.82, 2.24) is 9.78 Å². The minimum atomic E-state index is 0.0643. The largest absolute Gasteiger partial charge is 0.392 e. The lowest BCUT2D eigenvalue weighted by Crippen LogP contribution is -1.95. The molecule has 1 N–H and O–H groups in total. The van der Waals surface area contributed by atoms with Gasteiger partial charge >= 0.3 is 0 Å². The summed E-state index contributed by atoms with van der Waals surface area (Å²) in [6, 6.07) is 0. The zero-order chi connectivity index (χ0) is 8.97. The van der Waals surface area contributed by atoms with E-state index in [1.807, 2.05) is 6.20 Å². The average molecular weight is 166 g/mol. The van der Waals surface area contributed by atoms with Crippen LogP contribution in [0.3, 0.4) is 0 Å². The highest BCUT2D eigenvalue weighted by atomic mass is 16.3. The van der Waals surface area contributed by atoms with Crippen molar-refractivity contribution in [2.24, 2.45) is 0 Å². The molecule has 0 saturated heterocycles. The Balaban J connectivity index is 2.58. The minimum absolute atomic E-state index is 0.0643. The first-order valence-electron chi connectivity index (χ1n) is 3.98. The van der Waals surface area contributed by atoms with Crippen LogP contribution >= 0.6 is 0 Å². The van der Waals surface area contributed by atoms with Crippen molar-refractivity contribution in [3.63, 3.8) is 0 Å². The van der Waals surface area contributed by atoms with Gasteiger partial charge in [0.25, 0.3) is 0 Å². The van der Waals surface area contributed by atoms with Crippen LogP contribution in [0.25, 0.3) is 0 Å². The van der Waals surface area contributed by atoms with Gasteiger partial charge in [-0.3, -0.25) is 4.68 Å². The van der Waals surface area contributed by atoms with E-state index in [1.165, 1.54) is 5.57 Å². The summed E-state index contributed by atoms with van der Waals surface area (Å²) in [5.41, 5.74) is 2.13. The molecule has 1 rings (SSSR count). The lowest BCUT2D eigenvalue weighted by atomic mass is 10.3. The lowest BCUT2D eigenvalue weighted by Gasteiger charge is -1.94. The number of hydrogen-bond acceptors (Lipinski definition) is 2. The van der Waals surface area contributed by atoms with Crippen LogP contribution in [0.1, 0.15) is 19.4 Å². The maximum absolute atomic E-state index is 8.76. The molecule has 3 heteroatoms. The maximum Gasteiger partial charge on any atom is 0.0712 e. The second-order valence-electron chi connectivity index (χ2n) is 3.01. The predicted octanol–water partition coefficient (Wildman–Crippen LogP) is 1.34. The van der Waals surface area contributed by atoms with E-state index in [-0.39, 0.29) is 6.61 Å². The molecule has 1 aromatic heterocycles. The highest BCUT2D eigenvalue weighted by Crippen LogP contribution is 1.98. The summed E-state index contributed by atoms with van der Waals surface area (Å²) in [6.45, 7) is 4.95. The Morgan fingerprint density at radius 2 is 2.42 bits per heavy atom. The van der Waals surface area contributed by atoms with Gasteiger partial charge in [-0.25, -0.2) is 0 Å². The monoisotopic (exact) mass is 166 g/mol. The summed E-state index contributed by atoms with van der Waals surface area (Å²) < 4.78 is 1.80. The summed E-state index contributed by atoms with van der Waals surface area (Å²) in [5, 5.41) is 12.8. The number of aromatic nitrogens is 2. The van der Waals surface area contributed by atoms with Crippen LogP contribution in [-0.4, -0.2) is 14.9 Å². The zero-order valence-corrected chi connectivity index (χ0v) is 7.49. The lowest BCUT2D eigenvalue weighted by molar-refractivity contribution is 0.281. The first-order valence-corrected chi connectivity index (χ1v) is 3.98. The van der Waals surface area contributed by atoms with E-state index >= 15 is 0 Å². The highest BCUT2D eigenvalue weighted by Gasteiger charge is 1.93. The standard InChI is InChI=1S/C9H14N2O/c1-8(2)3-4-11-6-9(7-12)5-10-11/h3,5-6,12H,4,7H2,1-2H3. The van der Waals surface area contributed by atoms with Crippen LogP contribution in [0.5, 0.6) is 0 Å². The molecule has 0 aliphatic heterocycles. The van der Waals surface area contributed by atoms with Crippen molar-refractivity contribution < 1.29 is 5.11 Å². The molecule has 0 saturated carbocycles. The molecule has 3 nitrogen and oxygen atoms in total. The molecule has 0 aliphatic carbocycles. The van der Waals surface area contributed by atoms with E-state index in [0.717, 1.165) is 12.1 Å². The van der Waals surface area contributed by atoms with Gasteiger partial charge < -0.3 is 5.11 Å². The molecule has 0 spiro atoms. The van der Waals surface area contributed by atoms with Crippen molar-refractivity contribution in [2.75, 3.05) is 0 Å². The molecule has 0 radical (unpaired) electrons. The molecule has 0 bridgehead atoms. The van der Waals surface area contributed by atoms with Crippen LogP contribution in [-0.2, 0) is 13.2 Å². The molecule has 1 heterocycles. The van der Waals surface area contributed by atoms with Crippen molar-refractivity contribution in [1.29, 1.82) is 0 Å². The highest BCUT2D eigenvalue weighted by molar-refractivity contribution is 5.02. The molecule has 0 atom stereocenters. The van der Waals surface area contributed by atoms with Gasteiger partial charge in [0.05, 0.1) is 19.3 Å². The van der Waals surface area contributed by atoms with E-state index in [9.17, 15) is 0 Å². The second kappa shape index (κ2) is 4.07. The number of hydrogen-bond donors (Lipinski definition) is 1. The molecular formula is C9H14N2O. The van der Waals surface area contributed by atoms with E-state index in [2.05, 4.69) is 25.0 Å². The SMILES string of the molecule is CC(C)=CCn1cc(CO)cn1. The maximum atomic E-state index is 8.76. The Bertz CT molecular complexity index is 272. The third-order valence-electron chi connectivity index (χ3n) is 1.56. The Morgan fingerprint density at radius 3 is 2.92 bits per heavy atom. The summed E-state index contributed by atoms with van der Waals surface area (Å²) in [4.78, 5) is 0. The molecular weight excluding hydrogens is 152 g/mol. The van der Waals surface area contributed by atoms with Gasteiger partial charge in [0.1, 0.15) is 0 Å². The van der Waals surface area contributed by atoms with E-state index in [4.69, 9.17) is 5.11 Å². The number of allylic oxidation sites excluding steroid dienone is 2. The van der Waals surface area contributed by atoms with Gasteiger partial charge in [-0.1, -0.05) is 11.6 Å². The fourth-order valence-corrected chi connectivity index (χ4v) is 0.864. The zero-order valence-electron chi connectivity index (χ0n) is 7.49. The Morgan fingerprint density at radius 1 is 1.67 bits per heavy atom. The van der Waals surface area contributed by atoms with E-state index < -0.39 is 0 Å². The van der Waals surface area contributed by atoms with Gasteiger partial charge in [-0.15, -0.1) is 0 Å². The van der Waals surface area contributed by atoms with E-state index in [0.29, 0.717) is 0 Å². The summed E-state index contributed by atoms with van der Waals surface area (Å²) in [7, 11) is 0. The summed E-state index contributed by atoms with van der Waals surface area (Å²) >= 11 is 0. The molecule has 12 heavy (non-hydrogen) atoms. The van der Waals surface area contributed by atoms with Crippen LogP contribution in [0.2, 0.25) is 0 Å². The fraction of sp³-hybridized carbons (Fsp3) is 0.444. The van der Waals surface area contributed by atoms with Crippen LogP contribution in [0, 0.1) is 0 Å². The topological polar surface area (TPSA) is 38.0 Å². The second-order valence-corrected chi connectivity index (χ2v) is 3.01. The number of nitrogens with zero attached hydrogens (tertiary/aromatic N) is 2. The Labute approximate surface area is 72.3 Å². The van der Waals surface area contributed by atoms with Crippen LogP contribution in [0.15, 0.2) is 24.0 Å². The Hall–Kier alpha value is -1.09. The first-order chi connectivity index (χ1) is 5.72. The molecule has 0 unspecified atom stereocenters. The number of aliphatic hydroxyl groups is 1. The summed E-state index contributed by atoms with van der Waals surface area (Å²) in [5.74, 6) is 0. The van der Waals surface area contributed by atoms with Crippen LogP contribution < -0.4 is 0 Å². The number of rotatable bonds is 3. The molecule has 0 aromatic carbocycles. The third-order valence-corrected chi connectivity index (χ3v) is 1.56. The van der Waals surface area contributed by atoms with Crippen molar-refractivity contribution in [3.8, 4) is 0 Å². The van der Waals surface area contributed by atoms with Gasteiger partial charge in [-0.2, -0.15) is 5.10 Å².